The molecule has 0 bridgehead atoms. The molecule has 2 heteroatoms. The number of fused-ring (bicyclic) bond motifs is 1. The van der Waals surface area contributed by atoms with Gasteiger partial charge in [-0.1, -0.05) is 73.5 Å². The fourth-order valence-electron chi connectivity index (χ4n) is 16.8. The Morgan fingerprint density at radius 2 is 1.52 bits per heavy atom. The monoisotopic (exact) mass is 714 g/mol. The van der Waals surface area contributed by atoms with Gasteiger partial charge in [-0.3, -0.25) is 4.79 Å². The molecule has 5 unspecified atom stereocenters. The quantitative estimate of drug-likeness (QED) is 0.0890. The van der Waals surface area contributed by atoms with Crippen LogP contribution in [-0.2, 0) is 39.6 Å². The molecule has 1 spiro atoms. The molecule has 0 saturated heterocycles. The average Bonchev–Trinajstić information content (AvgIpc) is 3.89. The molecule has 0 N–H and O–H groups in total. The maximum Gasteiger partial charge on any atom is 0.305 e. The van der Waals surface area contributed by atoms with Gasteiger partial charge in [0.2, 0.25) is 0 Å². The van der Waals surface area contributed by atoms with Gasteiger partial charge in [-0.05, 0) is 197 Å². The Labute approximate surface area is 320 Å². The largest absolute Gasteiger partial charge is 0.466 e. The van der Waals surface area contributed by atoms with E-state index in [2.05, 4.69) is 67.6 Å². The van der Waals surface area contributed by atoms with Crippen LogP contribution in [0.1, 0.15) is 89.5 Å². The molecule has 0 amide bonds. The number of hydrogen-bond acceptors (Lipinski definition) is 2. The van der Waals surface area contributed by atoms with Gasteiger partial charge in [0.1, 0.15) is 0 Å². The van der Waals surface area contributed by atoms with Crippen LogP contribution in [0.3, 0.4) is 0 Å². The van der Waals surface area contributed by atoms with Gasteiger partial charge in [0.05, 0.1) is 6.61 Å². The van der Waals surface area contributed by atoms with Crippen molar-refractivity contribution in [2.45, 2.75) is 75.0 Å². The van der Waals surface area contributed by atoms with Crippen LogP contribution < -0.4 is 10.4 Å². The molecule has 0 radical (unpaired) electrons. The van der Waals surface area contributed by atoms with Gasteiger partial charge in [0.25, 0.3) is 0 Å². The first kappa shape index (κ1) is 27.2. The highest BCUT2D eigenvalue weighted by Gasteiger charge is 2.80. The summed E-state index contributed by atoms with van der Waals surface area (Å²) in [5, 5.41) is 28.9. The highest BCUT2D eigenvalue weighted by molar-refractivity contribution is 6.58. The van der Waals surface area contributed by atoms with Crippen LogP contribution in [0, 0.1) is 11.8 Å². The van der Waals surface area contributed by atoms with Crippen LogP contribution in [0.4, 0.5) is 0 Å². The fourth-order valence-corrected chi connectivity index (χ4v) is 16.8. The zero-order valence-electron chi connectivity index (χ0n) is 31.2. The van der Waals surface area contributed by atoms with Crippen molar-refractivity contribution in [3.05, 3.63) is 110 Å². The van der Waals surface area contributed by atoms with E-state index in [1.165, 1.54) is 16.2 Å². The van der Waals surface area contributed by atoms with E-state index in [0.29, 0.717) is 30.8 Å². The number of benzene rings is 7. The summed E-state index contributed by atoms with van der Waals surface area (Å²) in [4.78, 5) is 13.2. The van der Waals surface area contributed by atoms with Crippen LogP contribution in [0.5, 0.6) is 0 Å². The molecular formula is C54H34O2. The van der Waals surface area contributed by atoms with E-state index in [4.69, 9.17) is 4.74 Å². The minimum Gasteiger partial charge on any atom is -0.466 e. The molecular weight excluding hydrogens is 681 g/mol. The summed E-state index contributed by atoms with van der Waals surface area (Å²) in [5.74, 6) is 1.29. The summed E-state index contributed by atoms with van der Waals surface area (Å²) in [5.41, 5.74) is 16.1. The van der Waals surface area contributed by atoms with Gasteiger partial charge in [-0.15, -0.1) is 0 Å². The second-order valence-corrected chi connectivity index (χ2v) is 19.6. The minimum atomic E-state index is -0.135. The Balaban J connectivity index is 1.06. The first-order chi connectivity index (χ1) is 27.7. The first-order valence-electron chi connectivity index (χ1n) is 21.7. The summed E-state index contributed by atoms with van der Waals surface area (Å²) in [6.07, 6.45) is 13.3. The van der Waals surface area contributed by atoms with Crippen molar-refractivity contribution >= 4 is 109 Å². The van der Waals surface area contributed by atoms with Crippen LogP contribution in [0.25, 0.3) is 103 Å². The second-order valence-electron chi connectivity index (χ2n) is 19.6. The zero-order valence-corrected chi connectivity index (χ0v) is 31.2. The lowest BCUT2D eigenvalue weighted by atomic mass is 9.70. The molecule has 5 atom stereocenters. The van der Waals surface area contributed by atoms with E-state index in [1.54, 1.807) is 136 Å². The summed E-state index contributed by atoms with van der Waals surface area (Å²) in [7, 11) is 0. The predicted octanol–water partition coefficient (Wildman–Crippen LogP) is 10.5. The summed E-state index contributed by atoms with van der Waals surface area (Å²) in [6, 6.07) is 19.6. The van der Waals surface area contributed by atoms with E-state index in [1.807, 2.05) is 0 Å². The number of carbonyl (C=O) groups is 1. The van der Waals surface area contributed by atoms with Crippen LogP contribution >= 0.6 is 0 Å². The molecule has 0 aromatic heterocycles. The van der Waals surface area contributed by atoms with E-state index in [-0.39, 0.29) is 16.8 Å². The van der Waals surface area contributed by atoms with Crippen molar-refractivity contribution < 1.29 is 9.53 Å². The maximum atomic E-state index is 13.2. The molecule has 0 aliphatic heterocycles. The SMILES string of the molecule is CCCCOC(=O)CCCC1(c2ccccc2)C2C3=CC4Cc5cc6c7c8c5C4c4c3c3c5c9c(cc%10cc%11c%12c(c7c7c8c4c3c3c9c%10c%12c73)=C(C%11)C6)=CC521. The molecule has 0 heterocycles. The zero-order chi connectivity index (χ0) is 35.6. The number of allylic oxidation sites excluding steroid dienone is 2. The normalized spacial score (nSPS) is 27.1. The van der Waals surface area contributed by atoms with E-state index >= 15 is 0 Å². The Hall–Kier alpha value is -5.47. The Morgan fingerprint density at radius 3 is 2.39 bits per heavy atom. The predicted molar refractivity (Wildman–Crippen MR) is 227 cm³/mol. The van der Waals surface area contributed by atoms with Crippen LogP contribution in [0.15, 0.2) is 54.6 Å². The highest BCUT2D eigenvalue weighted by Crippen LogP contribution is 2.84. The molecule has 1 saturated carbocycles. The van der Waals surface area contributed by atoms with Crippen LogP contribution in [-0.4, -0.2) is 12.6 Å². The van der Waals surface area contributed by atoms with Gasteiger partial charge in [-0.2, -0.15) is 0 Å². The van der Waals surface area contributed by atoms with Gasteiger partial charge in [0, 0.05) is 29.1 Å². The number of esters is 1. The number of unbranched alkanes of at least 4 members (excludes halogenated alkanes) is 1. The Kier molecular flexibility index (Phi) is 3.77. The minimum absolute atomic E-state index is 0.0289. The van der Waals surface area contributed by atoms with Gasteiger partial charge in [0.15, 0.2) is 0 Å². The topological polar surface area (TPSA) is 26.3 Å². The average molecular weight is 715 g/mol. The smallest absolute Gasteiger partial charge is 0.305 e. The van der Waals surface area contributed by atoms with Crippen molar-refractivity contribution in [2.75, 3.05) is 6.61 Å². The molecule has 262 valence electrons. The van der Waals surface area contributed by atoms with Gasteiger partial charge < -0.3 is 4.74 Å². The molecule has 1 fully saturated rings. The first-order valence-corrected chi connectivity index (χ1v) is 21.7. The third kappa shape index (κ3) is 2.21. The lowest BCUT2D eigenvalue weighted by Gasteiger charge is -2.32. The van der Waals surface area contributed by atoms with Crippen LogP contribution in [0.2, 0.25) is 0 Å². The third-order valence-electron chi connectivity index (χ3n) is 17.9. The number of hydrogen-bond donors (Lipinski definition) is 0. The number of ether oxygens (including phenoxy) is 1. The molecule has 2 nitrogen and oxygen atoms in total. The summed E-state index contributed by atoms with van der Waals surface area (Å²) >= 11 is 0. The highest BCUT2D eigenvalue weighted by atomic mass is 16.5. The lowest BCUT2D eigenvalue weighted by molar-refractivity contribution is -0.143. The van der Waals surface area contributed by atoms with Gasteiger partial charge in [-0.25, -0.2) is 0 Å². The Bertz CT molecular complexity index is 3860. The van der Waals surface area contributed by atoms with Gasteiger partial charge >= 0.3 is 5.97 Å². The van der Waals surface area contributed by atoms with Crippen molar-refractivity contribution in [1.82, 2.24) is 0 Å². The summed E-state index contributed by atoms with van der Waals surface area (Å²) < 4.78 is 5.76. The maximum absolute atomic E-state index is 13.2. The Morgan fingerprint density at radius 1 is 0.750 bits per heavy atom. The lowest BCUT2D eigenvalue weighted by Crippen LogP contribution is -2.21. The molecule has 56 heavy (non-hydrogen) atoms. The van der Waals surface area contributed by atoms with E-state index < -0.39 is 0 Å². The standard InChI is InChI=1S/C54H34O2/c1-2-3-12-56-30(55)10-7-11-53(28-8-5-4-6-9-28)52-29-19-26-17-23-15-24-14-21-13-22-16-25-18-27-20-54(52,53)51-37(27)42-36(25)41-32(22)31(21)39-35(24)40-33(23)34(26)43-38(29)50(51)49-47(42)45(41)44(39)46(40)48(43)49/h4-6,8-9,15-16,18-20,26,34,52H,2-3,7,10-14,17H2,1H3. The van der Waals surface area contributed by atoms with Crippen molar-refractivity contribution in [2.24, 2.45) is 11.8 Å². The molecule has 10 aromatic rings. The van der Waals surface area contributed by atoms with E-state index in [0.717, 1.165) is 44.9 Å². The molecule has 8 aliphatic rings. The van der Waals surface area contributed by atoms with E-state index in [9.17, 15) is 4.79 Å². The second kappa shape index (κ2) is 7.77. The summed E-state index contributed by atoms with van der Waals surface area (Å²) in [6.45, 7) is 2.70. The number of carbonyl (C=O) groups excluding carboxylic acids is 1. The van der Waals surface area contributed by atoms with Crippen molar-refractivity contribution in [3.8, 4) is 0 Å². The molecule has 10 aromatic carbocycles. The fraction of sp³-hybridized carbons (Fsp3) is 0.278. The number of rotatable bonds is 8. The third-order valence-corrected chi connectivity index (χ3v) is 17.9. The molecule has 18 rings (SSSR count). The van der Waals surface area contributed by atoms with Crippen molar-refractivity contribution in [1.29, 1.82) is 0 Å². The molecule has 8 aliphatic carbocycles. The van der Waals surface area contributed by atoms with Crippen molar-refractivity contribution in [3.63, 3.8) is 0 Å².